The largest absolute Gasteiger partial charge is 0.398 e. The highest BCUT2D eigenvalue weighted by Gasteiger charge is 2.20. The van der Waals surface area contributed by atoms with Crippen LogP contribution in [-0.2, 0) is 10.0 Å². The fourth-order valence-electron chi connectivity index (χ4n) is 2.72. The van der Waals surface area contributed by atoms with Crippen molar-refractivity contribution >= 4 is 21.4 Å². The maximum atomic E-state index is 11.7. The van der Waals surface area contributed by atoms with Crippen LogP contribution in [0.4, 0.5) is 11.4 Å². The van der Waals surface area contributed by atoms with Gasteiger partial charge in [0, 0.05) is 12.2 Å². The molecule has 1 aromatic carbocycles. The van der Waals surface area contributed by atoms with Gasteiger partial charge in [-0.1, -0.05) is 6.42 Å². The molecule has 1 fully saturated rings. The van der Waals surface area contributed by atoms with Crippen molar-refractivity contribution in [2.45, 2.75) is 36.7 Å². The summed E-state index contributed by atoms with van der Waals surface area (Å²) in [6, 6.07) is 4.84. The molecule has 1 aromatic rings. The zero-order valence-electron chi connectivity index (χ0n) is 12.2. The van der Waals surface area contributed by atoms with Crippen molar-refractivity contribution in [2.24, 2.45) is 5.92 Å². The number of aliphatic hydroxyl groups excluding tert-OH is 1. The molecule has 0 spiro atoms. The summed E-state index contributed by atoms with van der Waals surface area (Å²) in [5, 5.41) is 12.9. The van der Waals surface area contributed by atoms with Crippen LogP contribution in [0.5, 0.6) is 0 Å². The Morgan fingerprint density at radius 1 is 1.38 bits per heavy atom. The number of anilines is 2. The number of nitrogen functional groups attached to an aromatic ring is 1. The van der Waals surface area contributed by atoms with Crippen molar-refractivity contribution in [3.8, 4) is 0 Å². The van der Waals surface area contributed by atoms with E-state index < -0.39 is 10.0 Å². The molecule has 0 amide bonds. The van der Waals surface area contributed by atoms with Gasteiger partial charge in [0.25, 0.3) is 0 Å². The van der Waals surface area contributed by atoms with Crippen LogP contribution in [0, 0.1) is 5.92 Å². The first-order valence-corrected chi connectivity index (χ1v) is 8.65. The minimum absolute atomic E-state index is 0.0867. The fraction of sp³-hybridized carbons (Fsp3) is 0.571. The summed E-state index contributed by atoms with van der Waals surface area (Å²) in [4.78, 5) is 0.0867. The van der Waals surface area contributed by atoms with Crippen molar-refractivity contribution in [1.29, 1.82) is 0 Å². The van der Waals surface area contributed by atoms with Crippen LogP contribution < -0.4 is 15.8 Å². The van der Waals surface area contributed by atoms with Gasteiger partial charge in [0.15, 0.2) is 0 Å². The molecule has 0 heterocycles. The van der Waals surface area contributed by atoms with Gasteiger partial charge >= 0.3 is 0 Å². The number of rotatable bonds is 5. The van der Waals surface area contributed by atoms with E-state index in [2.05, 4.69) is 10.0 Å². The predicted octanol–water partition coefficient (Wildman–Crippen LogP) is 1.14. The molecule has 1 saturated carbocycles. The third-order valence-corrected chi connectivity index (χ3v) is 5.41. The van der Waals surface area contributed by atoms with Crippen molar-refractivity contribution in [2.75, 3.05) is 24.6 Å². The first-order valence-electron chi connectivity index (χ1n) is 7.17. The second-order valence-corrected chi connectivity index (χ2v) is 7.38. The normalized spacial score (nSPS) is 23.0. The van der Waals surface area contributed by atoms with Crippen LogP contribution in [0.25, 0.3) is 0 Å². The molecule has 2 unspecified atom stereocenters. The van der Waals surface area contributed by atoms with Crippen LogP contribution in [0.15, 0.2) is 23.1 Å². The fourth-order valence-corrected chi connectivity index (χ4v) is 3.56. The van der Waals surface area contributed by atoms with E-state index in [0.717, 1.165) is 37.9 Å². The molecule has 0 aliphatic heterocycles. The highest BCUT2D eigenvalue weighted by Crippen LogP contribution is 2.26. The number of sulfonamides is 1. The zero-order chi connectivity index (χ0) is 15.5. The van der Waals surface area contributed by atoms with Gasteiger partial charge in [-0.05, 0) is 50.4 Å². The molecule has 21 heavy (non-hydrogen) atoms. The first-order chi connectivity index (χ1) is 9.92. The van der Waals surface area contributed by atoms with Gasteiger partial charge in [0.1, 0.15) is 4.90 Å². The zero-order valence-corrected chi connectivity index (χ0v) is 13.0. The summed E-state index contributed by atoms with van der Waals surface area (Å²) in [6.07, 6.45) is 3.66. The molecule has 7 heteroatoms. The molecule has 2 rings (SSSR count). The highest BCUT2D eigenvalue weighted by atomic mass is 32.2. The third-order valence-electron chi connectivity index (χ3n) is 3.92. The molecule has 1 aliphatic carbocycles. The lowest BCUT2D eigenvalue weighted by Crippen LogP contribution is -2.25. The van der Waals surface area contributed by atoms with Gasteiger partial charge in [-0.15, -0.1) is 0 Å². The average molecular weight is 313 g/mol. The van der Waals surface area contributed by atoms with Crippen LogP contribution in [0.1, 0.15) is 25.7 Å². The van der Waals surface area contributed by atoms with Crippen LogP contribution in [0.3, 0.4) is 0 Å². The lowest BCUT2D eigenvalue weighted by molar-refractivity contribution is 0.105. The number of aliphatic hydroxyl groups is 1. The smallest absolute Gasteiger partial charge is 0.242 e. The summed E-state index contributed by atoms with van der Waals surface area (Å²) in [6.45, 7) is 0.759. The standard InChI is InChI=1S/C14H23N3O3S/c1-16-21(19,20)14-6-5-11(8-13(14)15)17-9-10-3-2-4-12(18)7-10/h5-6,8,10,12,16-18H,2-4,7,9,15H2,1H3. The maximum Gasteiger partial charge on any atom is 0.242 e. The van der Waals surface area contributed by atoms with E-state index in [9.17, 15) is 13.5 Å². The molecule has 0 aromatic heterocycles. The van der Waals surface area contributed by atoms with E-state index in [0.29, 0.717) is 5.92 Å². The van der Waals surface area contributed by atoms with Crippen molar-refractivity contribution in [3.05, 3.63) is 18.2 Å². The Morgan fingerprint density at radius 3 is 2.76 bits per heavy atom. The van der Waals surface area contributed by atoms with Gasteiger partial charge in [-0.3, -0.25) is 0 Å². The second-order valence-electron chi connectivity index (χ2n) is 5.53. The minimum atomic E-state index is -3.52. The first kappa shape index (κ1) is 16.1. The minimum Gasteiger partial charge on any atom is -0.398 e. The number of nitrogens with two attached hydrogens (primary N) is 1. The molecule has 5 N–H and O–H groups in total. The molecule has 0 bridgehead atoms. The van der Waals surface area contributed by atoms with Gasteiger partial charge in [0.2, 0.25) is 10.0 Å². The number of nitrogens with one attached hydrogen (secondary N) is 2. The van der Waals surface area contributed by atoms with Crippen LogP contribution in [-0.4, -0.2) is 33.2 Å². The SMILES string of the molecule is CNS(=O)(=O)c1ccc(NCC2CCCC(O)C2)cc1N. The molecule has 6 nitrogen and oxygen atoms in total. The monoisotopic (exact) mass is 313 g/mol. The summed E-state index contributed by atoms with van der Waals surface area (Å²) in [7, 11) is -2.17. The Morgan fingerprint density at radius 2 is 2.14 bits per heavy atom. The third kappa shape index (κ3) is 4.09. The van der Waals surface area contributed by atoms with E-state index in [-0.39, 0.29) is 16.7 Å². The number of hydrogen-bond donors (Lipinski definition) is 4. The van der Waals surface area contributed by atoms with Gasteiger partial charge in [-0.2, -0.15) is 0 Å². The van der Waals surface area contributed by atoms with E-state index >= 15 is 0 Å². The molecular formula is C14H23N3O3S. The average Bonchev–Trinajstić information content (AvgIpc) is 2.45. The Hall–Kier alpha value is -1.31. The van der Waals surface area contributed by atoms with Crippen LogP contribution in [0.2, 0.25) is 0 Å². The van der Waals surface area contributed by atoms with Gasteiger partial charge in [-0.25, -0.2) is 13.1 Å². The Labute approximate surface area is 125 Å². The topological polar surface area (TPSA) is 104 Å². The lowest BCUT2D eigenvalue weighted by Gasteiger charge is -2.26. The van der Waals surface area contributed by atoms with E-state index in [1.165, 1.54) is 13.1 Å². The Kier molecular flexibility index (Phi) is 5.08. The second kappa shape index (κ2) is 6.64. The van der Waals surface area contributed by atoms with Crippen LogP contribution >= 0.6 is 0 Å². The van der Waals surface area contributed by atoms with Gasteiger partial charge < -0.3 is 16.2 Å². The quantitative estimate of drug-likeness (QED) is 0.610. The lowest BCUT2D eigenvalue weighted by atomic mass is 9.87. The number of benzene rings is 1. The van der Waals surface area contributed by atoms with E-state index in [4.69, 9.17) is 5.73 Å². The molecule has 0 saturated heterocycles. The van der Waals surface area contributed by atoms with Crippen molar-refractivity contribution in [1.82, 2.24) is 4.72 Å². The Balaban J connectivity index is 2.00. The summed E-state index contributed by atoms with van der Waals surface area (Å²) in [5.74, 6) is 0.440. The summed E-state index contributed by atoms with van der Waals surface area (Å²) >= 11 is 0. The summed E-state index contributed by atoms with van der Waals surface area (Å²) in [5.41, 5.74) is 6.83. The maximum absolute atomic E-state index is 11.7. The number of hydrogen-bond acceptors (Lipinski definition) is 5. The van der Waals surface area contributed by atoms with Crippen molar-refractivity contribution in [3.63, 3.8) is 0 Å². The molecule has 0 radical (unpaired) electrons. The van der Waals surface area contributed by atoms with Crippen molar-refractivity contribution < 1.29 is 13.5 Å². The molecular weight excluding hydrogens is 290 g/mol. The predicted molar refractivity (Wildman–Crippen MR) is 83.6 cm³/mol. The molecule has 1 aliphatic rings. The molecule has 2 atom stereocenters. The highest BCUT2D eigenvalue weighted by molar-refractivity contribution is 7.89. The van der Waals surface area contributed by atoms with E-state index in [1.807, 2.05) is 0 Å². The Bertz CT molecular complexity index is 589. The van der Waals surface area contributed by atoms with E-state index in [1.54, 1.807) is 12.1 Å². The molecule has 118 valence electrons. The summed E-state index contributed by atoms with van der Waals surface area (Å²) < 4.78 is 25.7. The van der Waals surface area contributed by atoms with Gasteiger partial charge in [0.05, 0.1) is 11.8 Å².